The second-order valence-corrected chi connectivity index (χ2v) is 3.97. The number of hydrogen-bond acceptors (Lipinski definition) is 3. The van der Waals surface area contributed by atoms with Crippen LogP contribution in [0.5, 0.6) is 0 Å². The first-order chi connectivity index (χ1) is 6.37. The minimum absolute atomic E-state index is 0.0558. The standard InChI is InChI=1S/C10H21NO3/c1-5-7(3)8(12)11-10(4,6-2)9(13)14/h7-8,11-12H,5-6H2,1-4H3,(H,13,14). The summed E-state index contributed by atoms with van der Waals surface area (Å²) in [6.45, 7) is 7.21. The highest BCUT2D eigenvalue weighted by Gasteiger charge is 2.33. The first-order valence-electron chi connectivity index (χ1n) is 5.06. The Bertz CT molecular complexity index is 196. The SMILES string of the molecule is CCC(C)C(O)NC(C)(CC)C(=O)O. The first-order valence-corrected chi connectivity index (χ1v) is 5.06. The molecule has 3 unspecified atom stereocenters. The molecule has 0 saturated carbocycles. The number of carbonyl (C=O) groups is 1. The normalized spacial score (nSPS) is 19.8. The minimum atomic E-state index is -1.04. The molecule has 0 fully saturated rings. The fourth-order valence-electron chi connectivity index (χ4n) is 1.01. The number of aliphatic hydroxyl groups is 1. The van der Waals surface area contributed by atoms with E-state index in [-0.39, 0.29) is 5.92 Å². The molecule has 0 aliphatic rings. The van der Waals surface area contributed by atoms with Crippen molar-refractivity contribution in [3.63, 3.8) is 0 Å². The molecule has 14 heavy (non-hydrogen) atoms. The van der Waals surface area contributed by atoms with Gasteiger partial charge in [0.15, 0.2) is 0 Å². The van der Waals surface area contributed by atoms with Gasteiger partial charge in [0.05, 0.1) is 0 Å². The van der Waals surface area contributed by atoms with Gasteiger partial charge < -0.3 is 10.2 Å². The van der Waals surface area contributed by atoms with E-state index in [1.165, 1.54) is 0 Å². The third-order valence-electron chi connectivity index (χ3n) is 2.83. The average Bonchev–Trinajstić information content (AvgIpc) is 2.15. The lowest BCUT2D eigenvalue weighted by Crippen LogP contribution is -2.55. The maximum absolute atomic E-state index is 10.9. The average molecular weight is 203 g/mol. The molecule has 0 spiro atoms. The zero-order chi connectivity index (χ0) is 11.4. The lowest BCUT2D eigenvalue weighted by atomic mass is 9.97. The predicted octanol–water partition coefficient (Wildman–Crippen LogP) is 1.19. The van der Waals surface area contributed by atoms with E-state index in [9.17, 15) is 9.90 Å². The van der Waals surface area contributed by atoms with Gasteiger partial charge in [-0.2, -0.15) is 0 Å². The van der Waals surface area contributed by atoms with Crippen LogP contribution in [-0.4, -0.2) is 27.9 Å². The zero-order valence-electron chi connectivity index (χ0n) is 9.37. The van der Waals surface area contributed by atoms with Gasteiger partial charge in [-0.15, -0.1) is 0 Å². The van der Waals surface area contributed by atoms with E-state index in [1.54, 1.807) is 13.8 Å². The van der Waals surface area contributed by atoms with Crippen molar-refractivity contribution >= 4 is 5.97 Å². The molecular weight excluding hydrogens is 182 g/mol. The van der Waals surface area contributed by atoms with Crippen molar-refractivity contribution in [1.29, 1.82) is 0 Å². The summed E-state index contributed by atoms with van der Waals surface area (Å²) in [7, 11) is 0. The Morgan fingerprint density at radius 2 is 2.00 bits per heavy atom. The molecule has 3 N–H and O–H groups in total. The van der Waals surface area contributed by atoms with Crippen molar-refractivity contribution in [2.45, 2.75) is 52.3 Å². The topological polar surface area (TPSA) is 69.6 Å². The van der Waals surface area contributed by atoms with Crippen molar-refractivity contribution in [3.05, 3.63) is 0 Å². The molecule has 0 aliphatic carbocycles. The van der Waals surface area contributed by atoms with Crippen molar-refractivity contribution in [1.82, 2.24) is 5.32 Å². The fraction of sp³-hybridized carbons (Fsp3) is 0.900. The molecule has 0 heterocycles. The molecule has 0 bridgehead atoms. The first kappa shape index (κ1) is 13.4. The van der Waals surface area contributed by atoms with Gasteiger partial charge in [0.1, 0.15) is 11.8 Å². The third-order valence-corrected chi connectivity index (χ3v) is 2.83. The molecule has 0 aromatic heterocycles. The molecule has 0 radical (unpaired) electrons. The highest BCUT2D eigenvalue weighted by molar-refractivity contribution is 5.78. The van der Waals surface area contributed by atoms with Crippen LogP contribution in [0.15, 0.2) is 0 Å². The Labute approximate surface area is 85.3 Å². The van der Waals surface area contributed by atoms with Gasteiger partial charge in [0.2, 0.25) is 0 Å². The lowest BCUT2D eigenvalue weighted by Gasteiger charge is -2.30. The summed E-state index contributed by atoms with van der Waals surface area (Å²) < 4.78 is 0. The Hall–Kier alpha value is -0.610. The Morgan fingerprint density at radius 1 is 1.50 bits per heavy atom. The number of rotatable bonds is 6. The zero-order valence-corrected chi connectivity index (χ0v) is 9.37. The van der Waals surface area contributed by atoms with Gasteiger partial charge >= 0.3 is 5.97 Å². The summed E-state index contributed by atoms with van der Waals surface area (Å²) in [5.41, 5.74) is -1.04. The molecule has 0 amide bonds. The molecular formula is C10H21NO3. The van der Waals surface area contributed by atoms with Crippen LogP contribution in [0.25, 0.3) is 0 Å². The maximum atomic E-state index is 10.9. The van der Waals surface area contributed by atoms with E-state index < -0.39 is 17.7 Å². The van der Waals surface area contributed by atoms with E-state index in [2.05, 4.69) is 5.32 Å². The molecule has 4 nitrogen and oxygen atoms in total. The number of carboxylic acid groups (broad SMARTS) is 1. The van der Waals surface area contributed by atoms with Crippen LogP contribution in [-0.2, 0) is 4.79 Å². The van der Waals surface area contributed by atoms with Crippen molar-refractivity contribution in [2.24, 2.45) is 5.92 Å². The van der Waals surface area contributed by atoms with Crippen LogP contribution in [0.2, 0.25) is 0 Å². The smallest absolute Gasteiger partial charge is 0.323 e. The Kier molecular flexibility index (Phi) is 5.08. The highest BCUT2D eigenvalue weighted by Crippen LogP contribution is 2.14. The number of hydrogen-bond donors (Lipinski definition) is 3. The fourth-order valence-corrected chi connectivity index (χ4v) is 1.01. The molecule has 0 rings (SSSR count). The van der Waals surface area contributed by atoms with Gasteiger partial charge in [-0.3, -0.25) is 10.1 Å². The summed E-state index contributed by atoms with van der Waals surface area (Å²) in [5.74, 6) is -0.873. The number of carboxylic acids is 1. The van der Waals surface area contributed by atoms with Crippen LogP contribution in [0, 0.1) is 5.92 Å². The molecule has 0 saturated heterocycles. The Balaban J connectivity index is 4.39. The second kappa shape index (κ2) is 5.32. The summed E-state index contributed by atoms with van der Waals surface area (Å²) in [6, 6.07) is 0. The molecule has 3 atom stereocenters. The molecule has 84 valence electrons. The van der Waals surface area contributed by atoms with Crippen LogP contribution >= 0.6 is 0 Å². The maximum Gasteiger partial charge on any atom is 0.323 e. The minimum Gasteiger partial charge on any atom is -0.480 e. The van der Waals surface area contributed by atoms with Gasteiger partial charge in [-0.05, 0) is 25.7 Å². The lowest BCUT2D eigenvalue weighted by molar-refractivity contribution is -0.146. The van der Waals surface area contributed by atoms with Gasteiger partial charge in [0.25, 0.3) is 0 Å². The van der Waals surface area contributed by atoms with E-state index in [0.29, 0.717) is 6.42 Å². The number of nitrogens with one attached hydrogen (secondary N) is 1. The van der Waals surface area contributed by atoms with Crippen LogP contribution in [0.3, 0.4) is 0 Å². The summed E-state index contributed by atoms with van der Waals surface area (Å²) in [5, 5.41) is 21.4. The van der Waals surface area contributed by atoms with Crippen LogP contribution in [0.4, 0.5) is 0 Å². The van der Waals surface area contributed by atoms with Crippen LogP contribution in [0.1, 0.15) is 40.5 Å². The van der Waals surface area contributed by atoms with Crippen LogP contribution < -0.4 is 5.32 Å². The van der Waals surface area contributed by atoms with Crippen molar-refractivity contribution in [2.75, 3.05) is 0 Å². The summed E-state index contributed by atoms with van der Waals surface area (Å²) in [6.07, 6.45) is 0.490. The quantitative estimate of drug-likeness (QED) is 0.567. The van der Waals surface area contributed by atoms with Crippen molar-refractivity contribution in [3.8, 4) is 0 Å². The predicted molar refractivity (Wildman–Crippen MR) is 54.9 cm³/mol. The third kappa shape index (κ3) is 3.27. The number of aliphatic hydroxyl groups excluding tert-OH is 1. The highest BCUT2D eigenvalue weighted by atomic mass is 16.4. The van der Waals surface area contributed by atoms with E-state index >= 15 is 0 Å². The van der Waals surface area contributed by atoms with Crippen molar-refractivity contribution < 1.29 is 15.0 Å². The van der Waals surface area contributed by atoms with E-state index in [4.69, 9.17) is 5.11 Å². The largest absolute Gasteiger partial charge is 0.480 e. The van der Waals surface area contributed by atoms with Gasteiger partial charge in [-0.1, -0.05) is 20.8 Å². The Morgan fingerprint density at radius 3 is 2.29 bits per heavy atom. The van der Waals surface area contributed by atoms with E-state index in [0.717, 1.165) is 6.42 Å². The second-order valence-electron chi connectivity index (χ2n) is 3.97. The molecule has 0 aromatic rings. The molecule has 0 aliphatic heterocycles. The molecule has 4 heteroatoms. The monoisotopic (exact) mass is 203 g/mol. The summed E-state index contributed by atoms with van der Waals surface area (Å²) in [4.78, 5) is 10.9. The summed E-state index contributed by atoms with van der Waals surface area (Å²) >= 11 is 0. The van der Waals surface area contributed by atoms with E-state index in [1.807, 2.05) is 13.8 Å². The number of aliphatic carboxylic acids is 1. The molecule has 0 aromatic carbocycles. The van der Waals surface area contributed by atoms with Gasteiger partial charge in [-0.25, -0.2) is 0 Å². The van der Waals surface area contributed by atoms with Gasteiger partial charge in [0, 0.05) is 0 Å².